The van der Waals surface area contributed by atoms with Gasteiger partial charge in [-0.2, -0.15) is 0 Å². The van der Waals surface area contributed by atoms with Crippen molar-refractivity contribution in [3.05, 3.63) is 83.4 Å². The number of aromatic nitrogens is 2. The molecule has 0 fully saturated rings. The molecule has 2 N–H and O–H groups in total. The summed E-state index contributed by atoms with van der Waals surface area (Å²) in [5, 5.41) is 6.76. The van der Waals surface area contributed by atoms with Crippen LogP contribution in [0.2, 0.25) is 0 Å². The molecule has 0 spiro atoms. The Labute approximate surface area is 201 Å². The fourth-order valence-electron chi connectivity index (χ4n) is 3.68. The molecule has 0 saturated carbocycles. The van der Waals surface area contributed by atoms with E-state index < -0.39 is 0 Å². The number of hydrogen-bond donors (Lipinski definition) is 2. The van der Waals surface area contributed by atoms with Crippen LogP contribution in [-0.4, -0.2) is 34.7 Å². The van der Waals surface area contributed by atoms with Gasteiger partial charge in [-0.25, -0.2) is 9.98 Å². The summed E-state index contributed by atoms with van der Waals surface area (Å²) in [6.45, 7) is 7.08. The van der Waals surface area contributed by atoms with Gasteiger partial charge in [-0.3, -0.25) is 0 Å². The monoisotopic (exact) mass is 531 g/mol. The van der Waals surface area contributed by atoms with Crippen molar-refractivity contribution < 1.29 is 4.74 Å². The van der Waals surface area contributed by atoms with Crippen molar-refractivity contribution >= 4 is 29.9 Å². The molecule has 0 saturated heterocycles. The summed E-state index contributed by atoms with van der Waals surface area (Å²) in [5.74, 6) is 2.83. The van der Waals surface area contributed by atoms with Crippen LogP contribution in [0.1, 0.15) is 29.4 Å². The molecular weight excluding hydrogens is 501 g/mol. The number of aliphatic imine (C=N–C) groups is 1. The predicted molar refractivity (Wildman–Crippen MR) is 135 cm³/mol. The number of hydrogen-bond acceptors (Lipinski definition) is 3. The van der Waals surface area contributed by atoms with E-state index in [2.05, 4.69) is 63.5 Å². The summed E-state index contributed by atoms with van der Waals surface area (Å²) >= 11 is 0. The van der Waals surface area contributed by atoms with Crippen molar-refractivity contribution in [1.29, 1.82) is 0 Å². The maximum atomic E-state index is 6.02. The minimum Gasteiger partial charge on any atom is -0.488 e. The molecule has 1 unspecified atom stereocenters. The van der Waals surface area contributed by atoms with E-state index in [1.807, 2.05) is 31.5 Å². The van der Waals surface area contributed by atoms with Crippen LogP contribution in [0.5, 0.6) is 5.75 Å². The standard InChI is InChI=1S/C24H29N5O.HI/c1-3-25-24(28-16-22-14-21-9-4-5-10-23(21)30-22)27-15-19-7-6-8-20(13-19)17-29-12-11-26-18(29)2;/h4-13,22H,3,14-17H2,1-2H3,(H2,25,27,28);1H. The molecule has 6 nitrogen and oxygen atoms in total. The van der Waals surface area contributed by atoms with Crippen LogP contribution < -0.4 is 15.4 Å². The SMILES string of the molecule is CCNC(=NCc1cccc(Cn2ccnc2C)c1)NCC1Cc2ccccc2O1.I. The van der Waals surface area contributed by atoms with E-state index in [0.29, 0.717) is 6.54 Å². The first-order valence-corrected chi connectivity index (χ1v) is 10.5. The quantitative estimate of drug-likeness (QED) is 0.276. The zero-order chi connectivity index (χ0) is 20.8. The minimum atomic E-state index is 0. The van der Waals surface area contributed by atoms with E-state index in [4.69, 9.17) is 9.73 Å². The number of benzene rings is 2. The first kappa shape index (κ1) is 23.1. The van der Waals surface area contributed by atoms with Crippen molar-refractivity contribution in [2.75, 3.05) is 13.1 Å². The number of halogens is 1. The number of rotatable bonds is 7. The molecule has 31 heavy (non-hydrogen) atoms. The Morgan fingerprint density at radius 2 is 2.00 bits per heavy atom. The van der Waals surface area contributed by atoms with Gasteiger partial charge in [-0.05, 0) is 36.6 Å². The van der Waals surface area contributed by atoms with Crippen LogP contribution >= 0.6 is 24.0 Å². The Morgan fingerprint density at radius 3 is 2.77 bits per heavy atom. The molecule has 3 aromatic rings. The molecule has 1 atom stereocenters. The van der Waals surface area contributed by atoms with Crippen LogP contribution in [0.15, 0.2) is 65.9 Å². The fourth-order valence-corrected chi connectivity index (χ4v) is 3.68. The molecule has 1 aromatic heterocycles. The molecule has 7 heteroatoms. The Balaban J connectivity index is 0.00000272. The maximum absolute atomic E-state index is 6.02. The van der Waals surface area contributed by atoms with Gasteiger partial charge in [-0.1, -0.05) is 42.5 Å². The topological polar surface area (TPSA) is 63.5 Å². The van der Waals surface area contributed by atoms with E-state index >= 15 is 0 Å². The predicted octanol–water partition coefficient (Wildman–Crippen LogP) is 3.92. The second-order valence-corrected chi connectivity index (χ2v) is 7.55. The van der Waals surface area contributed by atoms with E-state index in [1.165, 1.54) is 16.7 Å². The van der Waals surface area contributed by atoms with Gasteiger partial charge in [0, 0.05) is 31.9 Å². The molecule has 4 rings (SSSR count). The summed E-state index contributed by atoms with van der Waals surface area (Å²) in [6.07, 6.45) is 4.91. The Bertz CT molecular complexity index is 991. The van der Waals surface area contributed by atoms with Gasteiger partial charge in [0.25, 0.3) is 0 Å². The van der Waals surface area contributed by atoms with Crippen molar-refractivity contribution in [2.45, 2.75) is 39.5 Å². The van der Waals surface area contributed by atoms with Crippen LogP contribution in [0.3, 0.4) is 0 Å². The fraction of sp³-hybridized carbons (Fsp3) is 0.333. The van der Waals surface area contributed by atoms with E-state index in [9.17, 15) is 0 Å². The average molecular weight is 531 g/mol. The highest BCUT2D eigenvalue weighted by Gasteiger charge is 2.22. The van der Waals surface area contributed by atoms with Crippen molar-refractivity contribution in [2.24, 2.45) is 4.99 Å². The van der Waals surface area contributed by atoms with Crippen molar-refractivity contribution in [3.63, 3.8) is 0 Å². The van der Waals surface area contributed by atoms with Crippen molar-refractivity contribution in [1.82, 2.24) is 20.2 Å². The molecule has 2 aromatic carbocycles. The highest BCUT2D eigenvalue weighted by Crippen LogP contribution is 2.27. The van der Waals surface area contributed by atoms with Crippen LogP contribution in [-0.2, 0) is 19.5 Å². The summed E-state index contributed by atoms with van der Waals surface area (Å²) in [7, 11) is 0. The van der Waals surface area contributed by atoms with Gasteiger partial charge < -0.3 is 19.9 Å². The third-order valence-corrected chi connectivity index (χ3v) is 5.24. The number of nitrogens with one attached hydrogen (secondary N) is 2. The first-order valence-electron chi connectivity index (χ1n) is 10.5. The van der Waals surface area contributed by atoms with E-state index in [0.717, 1.165) is 43.6 Å². The van der Waals surface area contributed by atoms with Gasteiger partial charge >= 0.3 is 0 Å². The molecule has 1 aliphatic rings. The van der Waals surface area contributed by atoms with Gasteiger partial charge in [0.15, 0.2) is 5.96 Å². The number of fused-ring (bicyclic) bond motifs is 1. The molecule has 2 heterocycles. The van der Waals surface area contributed by atoms with E-state index in [-0.39, 0.29) is 30.1 Å². The Morgan fingerprint density at radius 1 is 1.16 bits per heavy atom. The Kier molecular flexibility index (Phi) is 8.34. The number of nitrogens with zero attached hydrogens (tertiary/aromatic N) is 3. The molecular formula is C24H30IN5O. The lowest BCUT2D eigenvalue weighted by molar-refractivity contribution is 0.235. The van der Waals surface area contributed by atoms with Gasteiger partial charge in [-0.15, -0.1) is 24.0 Å². The largest absolute Gasteiger partial charge is 0.488 e. The second kappa shape index (κ2) is 11.2. The minimum absolute atomic E-state index is 0. The van der Waals surface area contributed by atoms with Crippen LogP contribution in [0, 0.1) is 6.92 Å². The normalized spacial score (nSPS) is 15.0. The first-order chi connectivity index (χ1) is 14.7. The zero-order valence-corrected chi connectivity index (χ0v) is 20.4. The third-order valence-electron chi connectivity index (χ3n) is 5.24. The molecule has 0 aliphatic carbocycles. The number of ether oxygens (including phenoxy) is 1. The zero-order valence-electron chi connectivity index (χ0n) is 18.0. The molecule has 164 valence electrons. The maximum Gasteiger partial charge on any atom is 0.191 e. The lowest BCUT2D eigenvalue weighted by Gasteiger charge is -2.15. The highest BCUT2D eigenvalue weighted by molar-refractivity contribution is 14.0. The number of imidazole rings is 1. The molecule has 0 radical (unpaired) electrons. The molecule has 1 aliphatic heterocycles. The second-order valence-electron chi connectivity index (χ2n) is 7.55. The summed E-state index contributed by atoms with van der Waals surface area (Å²) in [4.78, 5) is 9.07. The van der Waals surface area contributed by atoms with Crippen LogP contribution in [0.25, 0.3) is 0 Å². The van der Waals surface area contributed by atoms with Crippen molar-refractivity contribution in [3.8, 4) is 5.75 Å². The molecule has 0 amide bonds. The number of aryl methyl sites for hydroxylation is 1. The number of para-hydroxylation sites is 1. The smallest absolute Gasteiger partial charge is 0.191 e. The summed E-state index contributed by atoms with van der Waals surface area (Å²) < 4.78 is 8.17. The Hall–Kier alpha value is -2.55. The summed E-state index contributed by atoms with van der Waals surface area (Å²) in [6, 6.07) is 16.8. The molecule has 0 bridgehead atoms. The third kappa shape index (κ3) is 6.22. The van der Waals surface area contributed by atoms with Gasteiger partial charge in [0.05, 0.1) is 13.1 Å². The summed E-state index contributed by atoms with van der Waals surface area (Å²) in [5.41, 5.74) is 3.71. The lowest BCUT2D eigenvalue weighted by atomic mass is 10.1. The lowest BCUT2D eigenvalue weighted by Crippen LogP contribution is -2.42. The van der Waals surface area contributed by atoms with Gasteiger partial charge in [0.2, 0.25) is 0 Å². The number of guanidine groups is 1. The average Bonchev–Trinajstić information content (AvgIpc) is 3.36. The van der Waals surface area contributed by atoms with E-state index in [1.54, 1.807) is 0 Å². The van der Waals surface area contributed by atoms with Gasteiger partial charge in [0.1, 0.15) is 17.7 Å². The van der Waals surface area contributed by atoms with Crippen LogP contribution in [0.4, 0.5) is 0 Å². The highest BCUT2D eigenvalue weighted by atomic mass is 127.